The first-order valence-electron chi connectivity index (χ1n) is 6.94. The van der Waals surface area contributed by atoms with Gasteiger partial charge in [0, 0.05) is 24.7 Å². The fourth-order valence-corrected chi connectivity index (χ4v) is 2.43. The third-order valence-corrected chi connectivity index (χ3v) is 4.02. The molecular formula is C15H22ClNO3. The highest BCUT2D eigenvalue weighted by Gasteiger charge is 2.15. The Morgan fingerprint density at radius 3 is 2.50 bits per heavy atom. The Kier molecular flexibility index (Phi) is 5.66. The molecular weight excluding hydrogens is 278 g/mol. The molecule has 2 rings (SSSR count). The van der Waals surface area contributed by atoms with Crippen molar-refractivity contribution in [3.8, 4) is 5.75 Å². The number of aliphatic hydroxyl groups excluding tert-OH is 1. The lowest BCUT2D eigenvalue weighted by molar-refractivity contribution is 0.00464. The van der Waals surface area contributed by atoms with E-state index in [1.165, 1.54) is 0 Å². The van der Waals surface area contributed by atoms with E-state index in [1.807, 2.05) is 26.0 Å². The number of ether oxygens (including phenoxy) is 2. The van der Waals surface area contributed by atoms with Crippen molar-refractivity contribution in [1.82, 2.24) is 4.90 Å². The zero-order chi connectivity index (χ0) is 14.5. The van der Waals surface area contributed by atoms with Crippen LogP contribution < -0.4 is 4.74 Å². The zero-order valence-corrected chi connectivity index (χ0v) is 12.8. The van der Waals surface area contributed by atoms with Crippen LogP contribution in [0.1, 0.15) is 11.1 Å². The maximum atomic E-state index is 10.0. The average Bonchev–Trinajstić information content (AvgIpc) is 2.43. The van der Waals surface area contributed by atoms with Crippen molar-refractivity contribution in [3.05, 3.63) is 28.3 Å². The van der Waals surface area contributed by atoms with Gasteiger partial charge < -0.3 is 14.6 Å². The van der Waals surface area contributed by atoms with E-state index in [1.54, 1.807) is 0 Å². The lowest BCUT2D eigenvalue weighted by Gasteiger charge is -2.28. The Hall–Kier alpha value is -0.810. The summed E-state index contributed by atoms with van der Waals surface area (Å²) in [7, 11) is 0. The zero-order valence-electron chi connectivity index (χ0n) is 12.1. The standard InChI is InChI=1S/C15H22ClNO3/c1-11-7-14(8-12(2)15(11)16)20-10-13(18)9-17-3-5-19-6-4-17/h7-8,13,18H,3-6,9-10H2,1-2H3/t13-/m1/s1. The number of rotatable bonds is 5. The number of halogens is 1. The van der Waals surface area contributed by atoms with Crippen LogP contribution in [0, 0.1) is 13.8 Å². The maximum absolute atomic E-state index is 10.0. The van der Waals surface area contributed by atoms with E-state index in [2.05, 4.69) is 4.90 Å². The molecule has 1 atom stereocenters. The average molecular weight is 300 g/mol. The van der Waals surface area contributed by atoms with Crippen LogP contribution in [-0.2, 0) is 4.74 Å². The predicted octanol–water partition coefficient (Wildman–Crippen LogP) is 2.03. The van der Waals surface area contributed by atoms with Crippen LogP contribution in [0.25, 0.3) is 0 Å². The van der Waals surface area contributed by atoms with E-state index in [-0.39, 0.29) is 6.61 Å². The number of aryl methyl sites for hydroxylation is 2. The first kappa shape index (κ1) is 15.6. The Bertz CT molecular complexity index is 424. The molecule has 1 aliphatic heterocycles. The molecule has 1 aromatic rings. The molecule has 0 bridgehead atoms. The van der Waals surface area contributed by atoms with Gasteiger partial charge in [-0.05, 0) is 37.1 Å². The predicted molar refractivity (Wildman–Crippen MR) is 79.7 cm³/mol. The Balaban J connectivity index is 1.82. The molecule has 0 saturated carbocycles. The second-order valence-electron chi connectivity index (χ2n) is 5.25. The Labute approximate surface area is 125 Å². The van der Waals surface area contributed by atoms with E-state index in [9.17, 15) is 5.11 Å². The lowest BCUT2D eigenvalue weighted by Crippen LogP contribution is -2.42. The van der Waals surface area contributed by atoms with Gasteiger partial charge in [-0.15, -0.1) is 0 Å². The molecule has 1 aromatic carbocycles. The van der Waals surface area contributed by atoms with Crippen LogP contribution in [0.15, 0.2) is 12.1 Å². The minimum absolute atomic E-state index is 0.290. The summed E-state index contributed by atoms with van der Waals surface area (Å²) in [5.41, 5.74) is 1.98. The van der Waals surface area contributed by atoms with Crippen molar-refractivity contribution in [2.45, 2.75) is 20.0 Å². The number of morpholine rings is 1. The van der Waals surface area contributed by atoms with Gasteiger partial charge in [0.2, 0.25) is 0 Å². The van der Waals surface area contributed by atoms with Crippen molar-refractivity contribution < 1.29 is 14.6 Å². The number of hydrogen-bond donors (Lipinski definition) is 1. The number of hydrogen-bond acceptors (Lipinski definition) is 4. The third-order valence-electron chi connectivity index (χ3n) is 3.42. The highest BCUT2D eigenvalue weighted by Crippen LogP contribution is 2.25. The molecule has 1 aliphatic rings. The molecule has 1 heterocycles. The van der Waals surface area contributed by atoms with Crippen molar-refractivity contribution in [3.63, 3.8) is 0 Å². The smallest absolute Gasteiger partial charge is 0.120 e. The van der Waals surface area contributed by atoms with Gasteiger partial charge in [-0.1, -0.05) is 11.6 Å². The van der Waals surface area contributed by atoms with Gasteiger partial charge in [-0.2, -0.15) is 0 Å². The number of nitrogens with zero attached hydrogens (tertiary/aromatic N) is 1. The van der Waals surface area contributed by atoms with Gasteiger partial charge in [-0.3, -0.25) is 4.90 Å². The normalized spacial score (nSPS) is 18.0. The Morgan fingerprint density at radius 1 is 1.30 bits per heavy atom. The molecule has 4 nitrogen and oxygen atoms in total. The Morgan fingerprint density at radius 2 is 1.90 bits per heavy atom. The van der Waals surface area contributed by atoms with Crippen LogP contribution in [0.2, 0.25) is 5.02 Å². The molecule has 1 fully saturated rings. The van der Waals surface area contributed by atoms with E-state index in [0.717, 1.165) is 48.2 Å². The molecule has 0 unspecified atom stereocenters. The van der Waals surface area contributed by atoms with E-state index < -0.39 is 6.10 Å². The van der Waals surface area contributed by atoms with E-state index in [4.69, 9.17) is 21.1 Å². The van der Waals surface area contributed by atoms with Crippen molar-refractivity contribution in [2.75, 3.05) is 39.5 Å². The second kappa shape index (κ2) is 7.27. The summed E-state index contributed by atoms with van der Waals surface area (Å²) in [4.78, 5) is 2.19. The summed E-state index contributed by atoms with van der Waals surface area (Å²) in [6.07, 6.45) is -0.496. The second-order valence-corrected chi connectivity index (χ2v) is 5.63. The number of aliphatic hydroxyl groups is 1. The molecule has 0 radical (unpaired) electrons. The fourth-order valence-electron chi connectivity index (χ4n) is 2.32. The highest BCUT2D eigenvalue weighted by molar-refractivity contribution is 6.32. The van der Waals surface area contributed by atoms with Crippen LogP contribution in [0.4, 0.5) is 0 Å². The summed E-state index contributed by atoms with van der Waals surface area (Å²) in [5.74, 6) is 0.755. The number of β-amino-alcohol motifs (C(OH)–C–C–N with tert-alkyl or cyclic N) is 1. The molecule has 112 valence electrons. The van der Waals surface area contributed by atoms with Crippen LogP contribution in [0.3, 0.4) is 0 Å². The third kappa shape index (κ3) is 4.35. The molecule has 1 N–H and O–H groups in total. The molecule has 0 amide bonds. The van der Waals surface area contributed by atoms with Gasteiger partial charge in [0.1, 0.15) is 18.5 Å². The van der Waals surface area contributed by atoms with Crippen LogP contribution in [0.5, 0.6) is 5.75 Å². The monoisotopic (exact) mass is 299 g/mol. The highest BCUT2D eigenvalue weighted by atomic mass is 35.5. The van der Waals surface area contributed by atoms with Crippen LogP contribution in [-0.4, -0.2) is 55.6 Å². The minimum Gasteiger partial charge on any atom is -0.491 e. The van der Waals surface area contributed by atoms with Crippen molar-refractivity contribution in [2.24, 2.45) is 0 Å². The van der Waals surface area contributed by atoms with Gasteiger partial charge >= 0.3 is 0 Å². The van der Waals surface area contributed by atoms with Crippen molar-refractivity contribution >= 4 is 11.6 Å². The molecule has 20 heavy (non-hydrogen) atoms. The topological polar surface area (TPSA) is 41.9 Å². The molecule has 5 heteroatoms. The summed E-state index contributed by atoms with van der Waals surface area (Å²) in [5, 5.41) is 10.8. The van der Waals surface area contributed by atoms with E-state index >= 15 is 0 Å². The molecule has 0 spiro atoms. The summed E-state index contributed by atoms with van der Waals surface area (Å²) in [6, 6.07) is 3.80. The summed E-state index contributed by atoms with van der Waals surface area (Å²) < 4.78 is 10.9. The first-order chi connectivity index (χ1) is 9.56. The minimum atomic E-state index is -0.496. The summed E-state index contributed by atoms with van der Waals surface area (Å²) in [6.45, 7) is 8.03. The van der Waals surface area contributed by atoms with Gasteiger partial charge in [0.15, 0.2) is 0 Å². The fraction of sp³-hybridized carbons (Fsp3) is 0.600. The quantitative estimate of drug-likeness (QED) is 0.903. The summed E-state index contributed by atoms with van der Waals surface area (Å²) >= 11 is 6.12. The lowest BCUT2D eigenvalue weighted by atomic mass is 10.1. The van der Waals surface area contributed by atoms with Gasteiger partial charge in [0.25, 0.3) is 0 Å². The largest absolute Gasteiger partial charge is 0.491 e. The molecule has 0 aromatic heterocycles. The van der Waals surface area contributed by atoms with Crippen LogP contribution >= 0.6 is 11.6 Å². The number of benzene rings is 1. The first-order valence-corrected chi connectivity index (χ1v) is 7.32. The van der Waals surface area contributed by atoms with Gasteiger partial charge in [0.05, 0.1) is 13.2 Å². The van der Waals surface area contributed by atoms with Gasteiger partial charge in [-0.25, -0.2) is 0 Å². The SMILES string of the molecule is Cc1cc(OC[C@H](O)CN2CCOCC2)cc(C)c1Cl. The molecule has 0 aliphatic carbocycles. The molecule has 1 saturated heterocycles. The van der Waals surface area contributed by atoms with Crippen molar-refractivity contribution in [1.29, 1.82) is 0 Å². The van der Waals surface area contributed by atoms with E-state index in [0.29, 0.717) is 6.54 Å². The maximum Gasteiger partial charge on any atom is 0.120 e.